The summed E-state index contributed by atoms with van der Waals surface area (Å²) in [6.07, 6.45) is 0.654. The van der Waals surface area contributed by atoms with Crippen molar-refractivity contribution >= 4 is 32.6 Å². The van der Waals surface area contributed by atoms with Gasteiger partial charge in [0, 0.05) is 30.1 Å². The monoisotopic (exact) mass is 468 g/mol. The number of hydrogen-bond donors (Lipinski definition) is 0. The molecule has 0 saturated carbocycles. The van der Waals surface area contributed by atoms with E-state index in [1.807, 2.05) is 51.1 Å². The third kappa shape index (κ3) is 3.35. The largest absolute Gasteiger partial charge is 0.449 e. The highest BCUT2D eigenvalue weighted by Crippen LogP contribution is 2.41. The van der Waals surface area contributed by atoms with Gasteiger partial charge in [-0.05, 0) is 62.9 Å². The normalized spacial score (nSPS) is 18.7. The van der Waals surface area contributed by atoms with Crippen LogP contribution in [0.15, 0.2) is 39.6 Å². The maximum Gasteiger partial charge on any atom is 0.290 e. The number of hydrogen-bond acceptors (Lipinski definition) is 5. The number of nitrogens with zero attached hydrogens (tertiary/aromatic N) is 2. The number of carbonyl (C=O) groups excluding carboxylic acids is 1. The molecule has 3 aromatic rings. The van der Waals surface area contributed by atoms with Gasteiger partial charge in [0.05, 0.1) is 18.9 Å². The molecule has 174 valence electrons. The molecular weight excluding hydrogens is 440 g/mol. The predicted octanol–water partition coefficient (Wildman–Crippen LogP) is 3.97. The van der Waals surface area contributed by atoms with E-state index in [1.165, 1.54) is 4.31 Å². The quantitative estimate of drug-likeness (QED) is 0.581. The van der Waals surface area contributed by atoms with E-state index in [0.717, 1.165) is 11.1 Å². The highest BCUT2D eigenvalue weighted by molar-refractivity contribution is 7.93. The molecule has 1 fully saturated rings. The fraction of sp³-hybridized carbons (Fsp3) is 0.400. The first kappa shape index (κ1) is 22.0. The first-order chi connectivity index (χ1) is 15.7. The zero-order chi connectivity index (χ0) is 23.5. The van der Waals surface area contributed by atoms with Crippen molar-refractivity contribution in [2.75, 3.05) is 30.6 Å². The van der Waals surface area contributed by atoms with Crippen molar-refractivity contribution in [2.24, 2.45) is 0 Å². The van der Waals surface area contributed by atoms with Crippen LogP contribution in [0, 0.1) is 20.8 Å². The lowest BCUT2D eigenvalue weighted by Gasteiger charge is -2.26. The van der Waals surface area contributed by atoms with Crippen LogP contribution in [0.4, 0.5) is 5.69 Å². The van der Waals surface area contributed by atoms with Crippen LogP contribution in [-0.2, 0) is 21.2 Å². The summed E-state index contributed by atoms with van der Waals surface area (Å²) in [7, 11) is -3.94. The van der Waals surface area contributed by atoms with Crippen molar-refractivity contribution in [1.29, 1.82) is 0 Å². The summed E-state index contributed by atoms with van der Waals surface area (Å²) in [5.41, 5.74) is 4.11. The van der Waals surface area contributed by atoms with Crippen molar-refractivity contribution < 1.29 is 22.4 Å². The van der Waals surface area contributed by atoms with E-state index in [9.17, 15) is 13.2 Å². The van der Waals surface area contributed by atoms with Crippen LogP contribution in [0.25, 0.3) is 11.0 Å². The minimum atomic E-state index is -3.94. The van der Waals surface area contributed by atoms with Crippen LogP contribution in [0.1, 0.15) is 39.7 Å². The average molecular weight is 469 g/mol. The maximum atomic E-state index is 14.1. The number of morpholine rings is 1. The Morgan fingerprint density at radius 3 is 2.48 bits per heavy atom. The summed E-state index contributed by atoms with van der Waals surface area (Å²) in [5, 5.41) is 0.661. The smallest absolute Gasteiger partial charge is 0.290 e. The molecule has 1 saturated heterocycles. The standard InChI is InChI=1S/C25H28N2O5S/c1-15-13-20-18(4)22(25(28)26-9-11-31-12-10-26)32-23(20)24(17(15)3)33(29,30)27-16(2)14-19-7-5-6-8-21(19)27/h5-8,13,16H,9-12,14H2,1-4H3/t16-/m0/s1. The second-order valence-electron chi connectivity index (χ2n) is 8.97. The third-order valence-electron chi connectivity index (χ3n) is 6.85. The maximum absolute atomic E-state index is 14.1. The van der Waals surface area contributed by atoms with E-state index in [-0.39, 0.29) is 28.2 Å². The fourth-order valence-corrected chi connectivity index (χ4v) is 7.09. The Labute approximate surface area is 194 Å². The van der Waals surface area contributed by atoms with Gasteiger partial charge in [-0.25, -0.2) is 8.42 Å². The fourth-order valence-electron chi connectivity index (χ4n) is 4.97. The first-order valence-electron chi connectivity index (χ1n) is 11.2. The van der Waals surface area contributed by atoms with Gasteiger partial charge in [-0.15, -0.1) is 0 Å². The van der Waals surface area contributed by atoms with Crippen molar-refractivity contribution in [2.45, 2.75) is 45.1 Å². The molecule has 2 aliphatic rings. The number of para-hydroxylation sites is 1. The van der Waals surface area contributed by atoms with Crippen molar-refractivity contribution in [1.82, 2.24) is 4.90 Å². The molecule has 1 atom stereocenters. The molecule has 0 spiro atoms. The second-order valence-corrected chi connectivity index (χ2v) is 10.7. The molecule has 0 aliphatic carbocycles. The number of furan rings is 1. The van der Waals surface area contributed by atoms with Gasteiger partial charge < -0.3 is 14.1 Å². The highest BCUT2D eigenvalue weighted by Gasteiger charge is 2.39. The van der Waals surface area contributed by atoms with E-state index >= 15 is 0 Å². The molecule has 0 unspecified atom stereocenters. The zero-order valence-corrected chi connectivity index (χ0v) is 20.2. The third-order valence-corrected chi connectivity index (χ3v) is 8.93. The number of ether oxygens (including phenoxy) is 1. The summed E-state index contributed by atoms with van der Waals surface area (Å²) in [6, 6.07) is 9.30. The van der Waals surface area contributed by atoms with E-state index in [2.05, 4.69) is 0 Å². The molecule has 33 heavy (non-hydrogen) atoms. The Morgan fingerprint density at radius 2 is 1.76 bits per heavy atom. The second kappa shape index (κ2) is 7.88. The molecule has 8 heteroatoms. The molecular formula is C25H28N2O5S. The van der Waals surface area contributed by atoms with Gasteiger partial charge in [0.15, 0.2) is 11.3 Å². The summed E-state index contributed by atoms with van der Waals surface area (Å²) in [4.78, 5) is 15.0. The molecule has 0 N–H and O–H groups in total. The Morgan fingerprint density at radius 1 is 1.06 bits per heavy atom. The predicted molar refractivity (Wildman–Crippen MR) is 126 cm³/mol. The minimum Gasteiger partial charge on any atom is -0.449 e. The Balaban J connectivity index is 1.70. The lowest BCUT2D eigenvalue weighted by Crippen LogP contribution is -2.40. The number of carbonyl (C=O) groups is 1. The van der Waals surface area contributed by atoms with E-state index in [1.54, 1.807) is 11.8 Å². The van der Waals surface area contributed by atoms with Crippen molar-refractivity contribution in [3.05, 3.63) is 58.3 Å². The SMILES string of the molecule is Cc1cc2c(C)c(C(=O)N3CCOCC3)oc2c(S(=O)(=O)N2c3ccccc3C[C@@H]2C)c1C. The van der Waals surface area contributed by atoms with Gasteiger partial charge in [0.2, 0.25) is 0 Å². The van der Waals surface area contributed by atoms with Crippen LogP contribution in [0.2, 0.25) is 0 Å². The zero-order valence-electron chi connectivity index (χ0n) is 19.3. The van der Waals surface area contributed by atoms with E-state index < -0.39 is 10.0 Å². The van der Waals surface area contributed by atoms with Crippen LogP contribution >= 0.6 is 0 Å². The van der Waals surface area contributed by atoms with Gasteiger partial charge in [-0.2, -0.15) is 0 Å². The van der Waals surface area contributed by atoms with E-state index in [4.69, 9.17) is 9.15 Å². The lowest BCUT2D eigenvalue weighted by atomic mass is 10.0. The Hall–Kier alpha value is -2.84. The topological polar surface area (TPSA) is 80.1 Å². The van der Waals surface area contributed by atoms with Crippen LogP contribution in [0.5, 0.6) is 0 Å². The molecule has 0 bridgehead atoms. The van der Waals surface area contributed by atoms with Gasteiger partial charge in [-0.3, -0.25) is 9.10 Å². The summed E-state index contributed by atoms with van der Waals surface area (Å²) in [6.45, 7) is 9.37. The number of aryl methyl sites for hydroxylation is 2. The molecule has 1 amide bonds. The minimum absolute atomic E-state index is 0.144. The Kier molecular flexibility index (Phi) is 5.25. The molecule has 2 aliphatic heterocycles. The molecule has 2 aromatic carbocycles. The van der Waals surface area contributed by atoms with Gasteiger partial charge in [0.1, 0.15) is 4.90 Å². The molecule has 5 rings (SSSR count). The molecule has 1 aromatic heterocycles. The summed E-state index contributed by atoms with van der Waals surface area (Å²) < 4.78 is 41.3. The number of sulfonamides is 1. The molecule has 0 radical (unpaired) electrons. The van der Waals surface area contributed by atoms with Crippen molar-refractivity contribution in [3.63, 3.8) is 0 Å². The number of benzene rings is 2. The van der Waals surface area contributed by atoms with Gasteiger partial charge in [-0.1, -0.05) is 18.2 Å². The van der Waals surface area contributed by atoms with E-state index in [0.29, 0.717) is 54.9 Å². The Bertz CT molecular complexity index is 1370. The average Bonchev–Trinajstić information content (AvgIpc) is 3.30. The van der Waals surface area contributed by atoms with Crippen LogP contribution in [-0.4, -0.2) is 51.6 Å². The summed E-state index contributed by atoms with van der Waals surface area (Å²) >= 11 is 0. The highest BCUT2D eigenvalue weighted by atomic mass is 32.2. The molecule has 7 nitrogen and oxygen atoms in total. The van der Waals surface area contributed by atoms with Crippen molar-refractivity contribution in [3.8, 4) is 0 Å². The number of anilines is 1. The van der Waals surface area contributed by atoms with Crippen LogP contribution in [0.3, 0.4) is 0 Å². The number of fused-ring (bicyclic) bond motifs is 2. The summed E-state index contributed by atoms with van der Waals surface area (Å²) in [5.74, 6) is -0.0336. The first-order valence-corrected chi connectivity index (χ1v) is 12.7. The number of rotatable bonds is 3. The van der Waals surface area contributed by atoms with Gasteiger partial charge in [0.25, 0.3) is 15.9 Å². The lowest BCUT2D eigenvalue weighted by molar-refractivity contribution is 0.0283. The van der Waals surface area contributed by atoms with Crippen LogP contribution < -0.4 is 4.31 Å². The molecule has 3 heterocycles. The van der Waals surface area contributed by atoms with Gasteiger partial charge >= 0.3 is 0 Å². The number of amides is 1.